The molecule has 1 aromatic carbocycles. The summed E-state index contributed by atoms with van der Waals surface area (Å²) in [5.41, 5.74) is 1.16. The fraction of sp³-hybridized carbons (Fsp3) is 0.214. The molecule has 1 aliphatic heterocycles. The molecule has 0 saturated heterocycles. The first-order valence-electron chi connectivity index (χ1n) is 6.10. The number of nitrogens with zero attached hydrogens (tertiary/aromatic N) is 1. The average molecular weight is 274 g/mol. The number of para-hydroxylation sites is 2. The number of ether oxygens (including phenoxy) is 1. The fourth-order valence-corrected chi connectivity index (χ4v) is 1.85. The molecule has 0 aromatic heterocycles. The van der Waals surface area contributed by atoms with Gasteiger partial charge in [-0.2, -0.15) is 0 Å². The van der Waals surface area contributed by atoms with E-state index in [9.17, 15) is 14.4 Å². The molecule has 1 aromatic rings. The van der Waals surface area contributed by atoms with Gasteiger partial charge in [0.05, 0.1) is 11.4 Å². The minimum atomic E-state index is -0.587. The van der Waals surface area contributed by atoms with Crippen LogP contribution < -0.4 is 10.2 Å². The Labute approximate surface area is 116 Å². The zero-order valence-corrected chi connectivity index (χ0v) is 11.0. The topological polar surface area (TPSA) is 75.7 Å². The van der Waals surface area contributed by atoms with Gasteiger partial charge in [0.2, 0.25) is 5.91 Å². The lowest BCUT2D eigenvalue weighted by Gasteiger charge is -2.28. The van der Waals surface area contributed by atoms with Gasteiger partial charge in [0.25, 0.3) is 5.91 Å². The SMILES string of the molecule is CC=CC(=O)OCC(=O)N1CC(=O)Nc2ccccc21. The second kappa shape index (κ2) is 6.01. The smallest absolute Gasteiger partial charge is 0.330 e. The van der Waals surface area contributed by atoms with E-state index >= 15 is 0 Å². The summed E-state index contributed by atoms with van der Waals surface area (Å²) in [6, 6.07) is 6.96. The molecule has 0 unspecified atom stereocenters. The summed E-state index contributed by atoms with van der Waals surface area (Å²) < 4.78 is 4.80. The van der Waals surface area contributed by atoms with Crippen molar-refractivity contribution >= 4 is 29.2 Å². The maximum Gasteiger partial charge on any atom is 0.330 e. The van der Waals surface area contributed by atoms with Gasteiger partial charge in [0.15, 0.2) is 6.61 Å². The molecule has 1 heterocycles. The molecule has 0 fully saturated rings. The van der Waals surface area contributed by atoms with Crippen molar-refractivity contribution in [1.29, 1.82) is 0 Å². The highest BCUT2D eigenvalue weighted by atomic mass is 16.5. The van der Waals surface area contributed by atoms with Gasteiger partial charge < -0.3 is 10.1 Å². The Kier molecular flexibility index (Phi) is 4.14. The molecule has 1 N–H and O–H groups in total. The number of benzene rings is 1. The highest BCUT2D eigenvalue weighted by Gasteiger charge is 2.26. The van der Waals surface area contributed by atoms with Gasteiger partial charge in [0.1, 0.15) is 6.54 Å². The van der Waals surface area contributed by atoms with Crippen molar-refractivity contribution in [2.45, 2.75) is 6.92 Å². The van der Waals surface area contributed by atoms with Crippen molar-refractivity contribution in [2.75, 3.05) is 23.4 Å². The lowest BCUT2D eigenvalue weighted by atomic mass is 10.2. The first kappa shape index (κ1) is 13.8. The number of hydrogen-bond donors (Lipinski definition) is 1. The molecule has 0 spiro atoms. The third kappa shape index (κ3) is 3.03. The van der Waals surface area contributed by atoms with Crippen LogP contribution in [0.25, 0.3) is 0 Å². The van der Waals surface area contributed by atoms with Crippen molar-refractivity contribution in [3.05, 3.63) is 36.4 Å². The van der Waals surface area contributed by atoms with Crippen LogP contribution in [0.4, 0.5) is 11.4 Å². The minimum absolute atomic E-state index is 0.0863. The zero-order chi connectivity index (χ0) is 14.5. The lowest BCUT2D eigenvalue weighted by molar-refractivity contribution is -0.143. The summed E-state index contributed by atoms with van der Waals surface area (Å²) in [6.07, 6.45) is 2.75. The number of amides is 2. The van der Waals surface area contributed by atoms with E-state index in [4.69, 9.17) is 4.74 Å². The molecule has 6 heteroatoms. The summed E-state index contributed by atoms with van der Waals surface area (Å²) in [5, 5.41) is 2.68. The van der Waals surface area contributed by atoms with Gasteiger partial charge in [-0.05, 0) is 19.1 Å². The highest BCUT2D eigenvalue weighted by Crippen LogP contribution is 2.28. The van der Waals surface area contributed by atoms with Crippen LogP contribution in [0, 0.1) is 0 Å². The Morgan fingerprint density at radius 1 is 1.40 bits per heavy atom. The number of fused-ring (bicyclic) bond motifs is 1. The van der Waals surface area contributed by atoms with E-state index in [0.717, 1.165) is 0 Å². The van der Waals surface area contributed by atoms with Crippen molar-refractivity contribution < 1.29 is 19.1 Å². The van der Waals surface area contributed by atoms with Crippen LogP contribution >= 0.6 is 0 Å². The van der Waals surface area contributed by atoms with E-state index in [0.29, 0.717) is 11.4 Å². The molecule has 2 amide bonds. The van der Waals surface area contributed by atoms with E-state index < -0.39 is 18.5 Å². The maximum atomic E-state index is 12.1. The summed E-state index contributed by atoms with van der Waals surface area (Å²) >= 11 is 0. The first-order valence-corrected chi connectivity index (χ1v) is 6.10. The standard InChI is InChI=1S/C14H14N2O4/c1-2-5-14(19)20-9-13(18)16-8-12(17)15-10-6-3-4-7-11(10)16/h2-7H,8-9H2,1H3,(H,15,17). The van der Waals surface area contributed by atoms with Crippen LogP contribution in [-0.2, 0) is 19.1 Å². The van der Waals surface area contributed by atoms with Crippen molar-refractivity contribution in [3.8, 4) is 0 Å². The Hall–Kier alpha value is -2.63. The van der Waals surface area contributed by atoms with E-state index in [-0.39, 0.29) is 12.5 Å². The molecule has 0 bridgehead atoms. The maximum absolute atomic E-state index is 12.1. The Balaban J connectivity index is 2.10. The van der Waals surface area contributed by atoms with E-state index in [1.54, 1.807) is 31.2 Å². The predicted molar refractivity (Wildman–Crippen MR) is 73.2 cm³/mol. The van der Waals surface area contributed by atoms with Crippen LogP contribution in [0.15, 0.2) is 36.4 Å². The largest absolute Gasteiger partial charge is 0.452 e. The summed E-state index contributed by atoms with van der Waals surface area (Å²) in [7, 11) is 0. The van der Waals surface area contributed by atoms with Crippen molar-refractivity contribution in [1.82, 2.24) is 0 Å². The summed E-state index contributed by atoms with van der Waals surface area (Å²) in [4.78, 5) is 36.1. The Bertz CT molecular complexity index is 580. The van der Waals surface area contributed by atoms with Gasteiger partial charge in [-0.15, -0.1) is 0 Å². The molecule has 0 aliphatic carbocycles. The van der Waals surface area contributed by atoms with Gasteiger partial charge in [-0.1, -0.05) is 18.2 Å². The molecule has 104 valence electrons. The molecular weight excluding hydrogens is 260 g/mol. The van der Waals surface area contributed by atoms with Crippen molar-refractivity contribution in [2.24, 2.45) is 0 Å². The van der Waals surface area contributed by atoms with Gasteiger partial charge >= 0.3 is 5.97 Å². The monoisotopic (exact) mass is 274 g/mol. The minimum Gasteiger partial charge on any atom is -0.452 e. The molecule has 20 heavy (non-hydrogen) atoms. The van der Waals surface area contributed by atoms with Crippen LogP contribution in [-0.4, -0.2) is 30.9 Å². The number of rotatable bonds is 3. The van der Waals surface area contributed by atoms with Crippen LogP contribution in [0.5, 0.6) is 0 Å². The van der Waals surface area contributed by atoms with E-state index in [1.807, 2.05) is 0 Å². The zero-order valence-electron chi connectivity index (χ0n) is 11.0. The van der Waals surface area contributed by atoms with Gasteiger partial charge in [-0.25, -0.2) is 4.79 Å². The van der Waals surface area contributed by atoms with Gasteiger partial charge in [0, 0.05) is 6.08 Å². The Morgan fingerprint density at radius 3 is 2.90 bits per heavy atom. The van der Waals surface area contributed by atoms with Crippen molar-refractivity contribution in [3.63, 3.8) is 0 Å². The third-order valence-electron chi connectivity index (χ3n) is 2.71. The first-order chi connectivity index (χ1) is 9.61. The number of hydrogen-bond acceptors (Lipinski definition) is 4. The fourth-order valence-electron chi connectivity index (χ4n) is 1.85. The summed E-state index contributed by atoms with van der Waals surface area (Å²) in [6.45, 7) is 1.19. The number of anilines is 2. The molecular formula is C14H14N2O4. The molecule has 0 atom stereocenters. The number of esters is 1. The quantitative estimate of drug-likeness (QED) is 0.661. The third-order valence-corrected chi connectivity index (χ3v) is 2.71. The van der Waals surface area contributed by atoms with Crippen LogP contribution in [0.3, 0.4) is 0 Å². The molecule has 0 radical (unpaired) electrons. The average Bonchev–Trinajstić information content (AvgIpc) is 2.44. The normalized spacial score (nSPS) is 13.8. The molecule has 6 nitrogen and oxygen atoms in total. The van der Waals surface area contributed by atoms with Gasteiger partial charge in [-0.3, -0.25) is 14.5 Å². The Morgan fingerprint density at radius 2 is 2.15 bits per heavy atom. The second-order valence-electron chi connectivity index (χ2n) is 4.15. The number of allylic oxidation sites excluding steroid dienone is 1. The summed E-state index contributed by atoms with van der Waals surface area (Å²) in [5.74, 6) is -1.31. The number of carbonyl (C=O) groups is 3. The molecule has 1 aliphatic rings. The lowest BCUT2D eigenvalue weighted by Crippen LogP contribution is -2.43. The van der Waals surface area contributed by atoms with Crippen LogP contribution in [0.1, 0.15) is 6.92 Å². The molecule has 2 rings (SSSR count). The highest BCUT2D eigenvalue weighted by molar-refractivity contribution is 6.10. The van der Waals surface area contributed by atoms with Crippen LogP contribution in [0.2, 0.25) is 0 Å². The number of nitrogens with one attached hydrogen (secondary N) is 1. The molecule has 0 saturated carbocycles. The van der Waals surface area contributed by atoms with E-state index in [2.05, 4.69) is 5.32 Å². The van der Waals surface area contributed by atoms with E-state index in [1.165, 1.54) is 17.1 Å². The predicted octanol–water partition coefficient (Wildman–Crippen LogP) is 1.09. The number of carbonyl (C=O) groups excluding carboxylic acids is 3. The second-order valence-corrected chi connectivity index (χ2v) is 4.15.